The molecule has 0 radical (unpaired) electrons. The molecule has 34 heavy (non-hydrogen) atoms. The van der Waals surface area contributed by atoms with Crippen LogP contribution >= 0.6 is 0 Å². The third-order valence-corrected chi connectivity index (χ3v) is 5.52. The van der Waals surface area contributed by atoms with Crippen molar-refractivity contribution in [3.8, 4) is 11.5 Å². The predicted octanol–water partition coefficient (Wildman–Crippen LogP) is -0.531. The summed E-state index contributed by atoms with van der Waals surface area (Å²) in [5, 5.41) is 39.7. The molecule has 0 bridgehead atoms. The Morgan fingerprint density at radius 2 is 1.88 bits per heavy atom. The number of fused-ring (bicyclic) bond motifs is 1. The summed E-state index contributed by atoms with van der Waals surface area (Å²) in [5.74, 6) is -1.23. The standard InChI is InChI=1S/C23H26O11/c1-11(26)17-13-8-12(6-4-3-5-7-24)32-22(30)18(13)15(9-14(17)31-2)33-23-21(29)20(28)19(27)16(10-25)34-23/h3-7,9,12,16,19-21,23,25,27-29H,8,10H2,1-2H3/b5-3+,6-4+/t12-,16-,19-,20+,21-,23-/m1/s1. The third kappa shape index (κ3) is 5.03. The summed E-state index contributed by atoms with van der Waals surface area (Å²) in [7, 11) is 1.33. The van der Waals surface area contributed by atoms with Crippen molar-refractivity contribution in [2.45, 2.75) is 50.2 Å². The third-order valence-electron chi connectivity index (χ3n) is 5.52. The van der Waals surface area contributed by atoms with Crippen molar-refractivity contribution in [3.05, 3.63) is 47.1 Å². The molecular weight excluding hydrogens is 452 g/mol. The molecule has 0 amide bonds. The minimum Gasteiger partial charge on any atom is -0.496 e. The maximum atomic E-state index is 12.9. The summed E-state index contributed by atoms with van der Waals surface area (Å²) in [6.07, 6.45) is -2.07. The van der Waals surface area contributed by atoms with E-state index < -0.39 is 49.4 Å². The Balaban J connectivity index is 2.04. The number of Topliss-reactive ketones (excluding diaryl/α,β-unsaturated/α-hetero) is 1. The van der Waals surface area contributed by atoms with Crippen molar-refractivity contribution in [1.29, 1.82) is 0 Å². The highest BCUT2D eigenvalue weighted by Crippen LogP contribution is 2.39. The number of esters is 1. The van der Waals surface area contributed by atoms with Gasteiger partial charge in [0.1, 0.15) is 53.9 Å². The van der Waals surface area contributed by atoms with Gasteiger partial charge in [0, 0.05) is 12.5 Å². The van der Waals surface area contributed by atoms with Crippen molar-refractivity contribution in [1.82, 2.24) is 0 Å². The molecule has 184 valence electrons. The van der Waals surface area contributed by atoms with E-state index in [0.717, 1.165) is 0 Å². The summed E-state index contributed by atoms with van der Waals surface area (Å²) < 4.78 is 21.8. The normalized spacial score (nSPS) is 29.1. The van der Waals surface area contributed by atoms with Crippen LogP contribution in [0.25, 0.3) is 0 Å². The Morgan fingerprint density at radius 1 is 1.15 bits per heavy atom. The second-order valence-electron chi connectivity index (χ2n) is 7.73. The number of hydrogen-bond acceptors (Lipinski definition) is 11. The van der Waals surface area contributed by atoms with Crippen molar-refractivity contribution in [2.24, 2.45) is 0 Å². The lowest BCUT2D eigenvalue weighted by molar-refractivity contribution is -0.277. The second kappa shape index (κ2) is 10.9. The number of aliphatic hydroxyl groups is 4. The van der Waals surface area contributed by atoms with Crippen LogP contribution in [-0.4, -0.2) is 89.0 Å². The highest BCUT2D eigenvalue weighted by Gasteiger charge is 2.45. The number of ether oxygens (including phenoxy) is 4. The van der Waals surface area contributed by atoms with Crippen LogP contribution in [0.5, 0.6) is 11.5 Å². The van der Waals surface area contributed by atoms with E-state index in [4.69, 9.17) is 18.9 Å². The highest BCUT2D eigenvalue weighted by atomic mass is 16.7. The van der Waals surface area contributed by atoms with Crippen LogP contribution in [0.2, 0.25) is 0 Å². The zero-order chi connectivity index (χ0) is 25.0. The lowest BCUT2D eigenvalue weighted by Crippen LogP contribution is -2.60. The largest absolute Gasteiger partial charge is 0.496 e. The monoisotopic (exact) mass is 478 g/mol. The zero-order valence-electron chi connectivity index (χ0n) is 18.5. The van der Waals surface area contributed by atoms with E-state index in [1.54, 1.807) is 6.08 Å². The lowest BCUT2D eigenvalue weighted by atomic mass is 9.90. The Labute approximate surface area is 194 Å². The summed E-state index contributed by atoms with van der Waals surface area (Å²) in [6, 6.07) is 1.27. The smallest absolute Gasteiger partial charge is 0.342 e. The van der Waals surface area contributed by atoms with Gasteiger partial charge in [0.25, 0.3) is 0 Å². The summed E-state index contributed by atoms with van der Waals surface area (Å²) in [5.41, 5.74) is 0.352. The fourth-order valence-corrected chi connectivity index (χ4v) is 3.89. The van der Waals surface area contributed by atoms with Gasteiger partial charge in [0.05, 0.1) is 19.3 Å². The summed E-state index contributed by atoms with van der Waals surface area (Å²) in [4.78, 5) is 35.8. The Kier molecular flexibility index (Phi) is 8.18. The molecule has 2 aliphatic rings. The Morgan fingerprint density at radius 3 is 2.50 bits per heavy atom. The summed E-state index contributed by atoms with van der Waals surface area (Å²) in [6.45, 7) is 0.651. The molecule has 3 rings (SSSR count). The van der Waals surface area contributed by atoms with Crippen LogP contribution in [0.1, 0.15) is 33.2 Å². The van der Waals surface area contributed by atoms with E-state index in [1.807, 2.05) is 0 Å². The summed E-state index contributed by atoms with van der Waals surface area (Å²) >= 11 is 0. The topological polar surface area (TPSA) is 169 Å². The van der Waals surface area contributed by atoms with Crippen LogP contribution in [0.15, 0.2) is 30.4 Å². The highest BCUT2D eigenvalue weighted by molar-refractivity contribution is 6.05. The maximum Gasteiger partial charge on any atom is 0.342 e. The van der Waals surface area contributed by atoms with Gasteiger partial charge in [-0.25, -0.2) is 4.79 Å². The molecular formula is C23H26O11. The number of ketones is 1. The number of aliphatic hydroxyl groups excluding tert-OH is 4. The van der Waals surface area contributed by atoms with Gasteiger partial charge in [-0.3, -0.25) is 9.59 Å². The first-order valence-corrected chi connectivity index (χ1v) is 10.4. The average Bonchev–Trinajstić information content (AvgIpc) is 2.81. The number of allylic oxidation sites excluding steroid dienone is 3. The quantitative estimate of drug-likeness (QED) is 0.125. The second-order valence-corrected chi connectivity index (χ2v) is 7.73. The van der Waals surface area contributed by atoms with E-state index in [1.165, 1.54) is 38.3 Å². The van der Waals surface area contributed by atoms with Crippen LogP contribution in [0.3, 0.4) is 0 Å². The fraction of sp³-hybridized carbons (Fsp3) is 0.435. The Bertz CT molecular complexity index is 997. The molecule has 11 heteroatoms. The molecule has 4 N–H and O–H groups in total. The first kappa shape index (κ1) is 25.5. The first-order valence-electron chi connectivity index (χ1n) is 10.4. The molecule has 0 unspecified atom stereocenters. The maximum absolute atomic E-state index is 12.9. The van der Waals surface area contributed by atoms with Crippen LogP contribution < -0.4 is 9.47 Å². The molecule has 0 aliphatic carbocycles. The molecule has 0 saturated carbocycles. The van der Waals surface area contributed by atoms with Gasteiger partial charge >= 0.3 is 5.97 Å². The molecule has 1 saturated heterocycles. The molecule has 0 spiro atoms. The number of hydrogen-bond donors (Lipinski definition) is 4. The molecule has 0 aromatic heterocycles. The van der Waals surface area contributed by atoms with E-state index in [-0.39, 0.29) is 40.4 Å². The van der Waals surface area contributed by atoms with Crippen molar-refractivity contribution >= 4 is 18.0 Å². The Hall–Kier alpha value is -3.09. The number of benzene rings is 1. The van der Waals surface area contributed by atoms with Gasteiger partial charge < -0.3 is 39.4 Å². The van der Waals surface area contributed by atoms with Crippen LogP contribution in [0.4, 0.5) is 0 Å². The van der Waals surface area contributed by atoms with Gasteiger partial charge in [0.2, 0.25) is 6.29 Å². The number of methoxy groups -OCH3 is 1. The SMILES string of the molecule is COc1cc(O[C@@H]2O[C@H](CO)[C@@H](O)[C@H](O)[C@H]2O)c2c(c1C(C)=O)C[C@@H](/C=C/C=C/C=O)OC2=O. The van der Waals surface area contributed by atoms with Gasteiger partial charge in [-0.2, -0.15) is 0 Å². The molecule has 2 heterocycles. The van der Waals surface area contributed by atoms with E-state index in [9.17, 15) is 34.8 Å². The predicted molar refractivity (Wildman–Crippen MR) is 115 cm³/mol. The number of cyclic esters (lactones) is 1. The van der Waals surface area contributed by atoms with Crippen molar-refractivity contribution in [3.63, 3.8) is 0 Å². The molecule has 1 aromatic carbocycles. The molecule has 1 aromatic rings. The first-order chi connectivity index (χ1) is 16.2. The minimum atomic E-state index is -1.72. The van der Waals surface area contributed by atoms with Crippen LogP contribution in [0, 0.1) is 0 Å². The van der Waals surface area contributed by atoms with E-state index in [2.05, 4.69) is 0 Å². The van der Waals surface area contributed by atoms with E-state index >= 15 is 0 Å². The molecule has 1 fully saturated rings. The fourth-order valence-electron chi connectivity index (χ4n) is 3.89. The molecule has 2 aliphatic heterocycles. The number of carbonyl (C=O) groups excluding carboxylic acids is 3. The van der Waals surface area contributed by atoms with Gasteiger partial charge in [-0.1, -0.05) is 12.2 Å². The van der Waals surface area contributed by atoms with Gasteiger partial charge in [-0.05, 0) is 24.6 Å². The lowest BCUT2D eigenvalue weighted by Gasteiger charge is -2.40. The molecule has 11 nitrogen and oxygen atoms in total. The number of carbonyl (C=O) groups is 3. The average molecular weight is 478 g/mol. The van der Waals surface area contributed by atoms with Crippen molar-refractivity contribution < 1.29 is 53.8 Å². The number of rotatable bonds is 8. The van der Waals surface area contributed by atoms with E-state index in [0.29, 0.717) is 6.29 Å². The van der Waals surface area contributed by atoms with Crippen molar-refractivity contribution in [2.75, 3.05) is 13.7 Å². The molecule has 6 atom stereocenters. The van der Waals surface area contributed by atoms with Gasteiger partial charge in [-0.15, -0.1) is 0 Å². The number of aldehydes is 1. The zero-order valence-corrected chi connectivity index (χ0v) is 18.5. The minimum absolute atomic E-state index is 0.0870. The van der Waals surface area contributed by atoms with Gasteiger partial charge in [0.15, 0.2) is 5.78 Å². The van der Waals surface area contributed by atoms with Crippen LogP contribution in [-0.2, 0) is 20.7 Å².